The number of carbonyl (C=O) groups excluding carboxylic acids is 3. The Kier molecular flexibility index (Phi) is 8.84. The largest absolute Gasteiger partial charge is 0.460 e. The van der Waals surface area contributed by atoms with Gasteiger partial charge in [-0.1, -0.05) is 24.3 Å². The van der Waals surface area contributed by atoms with E-state index < -0.39 is 47.4 Å². The maximum absolute atomic E-state index is 13.7. The summed E-state index contributed by atoms with van der Waals surface area (Å²) in [6.07, 6.45) is 5.30. The summed E-state index contributed by atoms with van der Waals surface area (Å²) >= 11 is 0. The van der Waals surface area contributed by atoms with Gasteiger partial charge in [-0.25, -0.2) is 23.7 Å². The number of fused-ring (bicyclic) bond motifs is 2. The molecule has 236 valence electrons. The lowest BCUT2D eigenvalue weighted by atomic mass is 9.55. The van der Waals surface area contributed by atoms with Crippen molar-refractivity contribution in [3.8, 4) is 11.1 Å². The summed E-state index contributed by atoms with van der Waals surface area (Å²) in [5, 5.41) is 11.8. The van der Waals surface area contributed by atoms with Gasteiger partial charge in [0.25, 0.3) is 0 Å². The second-order valence-corrected chi connectivity index (χ2v) is 13.1. The summed E-state index contributed by atoms with van der Waals surface area (Å²) in [6.45, 7) is 8.78. The molecule has 1 aromatic carbocycles. The molecular weight excluding hydrogens is 567 g/mol. The van der Waals surface area contributed by atoms with Crippen molar-refractivity contribution in [1.82, 2.24) is 9.88 Å². The molecule has 0 spiro atoms. The standard InChI is InChI=1S/C34H41FN2O7/c1-6-42-31(39)37(32(40)44-33(3,4)5)26-13-15-27-23(17-26)18-34(41)29(20(2)43-30(34)38)28(27)14-12-25-11-10-22(19-36-25)21-8-7-9-24(35)16-21/h7-12,14,16,19-20,23,26-29,41H,6,13,15,17-18H2,1-5H3/b14-12+/t20-,23+,26-,27-,28+,29+,34+/m1/s1. The van der Waals surface area contributed by atoms with Crippen molar-refractivity contribution < 1.29 is 38.1 Å². The van der Waals surface area contributed by atoms with E-state index in [2.05, 4.69) is 4.98 Å². The summed E-state index contributed by atoms with van der Waals surface area (Å²) in [7, 11) is 0. The minimum atomic E-state index is -1.69. The maximum atomic E-state index is 13.7. The Morgan fingerprint density at radius 3 is 2.61 bits per heavy atom. The number of aromatic nitrogens is 1. The number of esters is 1. The highest BCUT2D eigenvalue weighted by Gasteiger charge is 2.64. The summed E-state index contributed by atoms with van der Waals surface area (Å²) < 4.78 is 30.1. The summed E-state index contributed by atoms with van der Waals surface area (Å²) in [4.78, 5) is 44.8. The molecule has 1 aliphatic heterocycles. The highest BCUT2D eigenvalue weighted by atomic mass is 19.1. The molecule has 2 amide bonds. The number of hydrogen-bond donors (Lipinski definition) is 1. The smallest absolute Gasteiger partial charge is 0.420 e. The number of hydrogen-bond acceptors (Lipinski definition) is 8. The van der Waals surface area contributed by atoms with E-state index in [4.69, 9.17) is 14.2 Å². The van der Waals surface area contributed by atoms with Crippen LogP contribution < -0.4 is 0 Å². The van der Waals surface area contributed by atoms with Gasteiger partial charge in [0.2, 0.25) is 0 Å². The number of rotatable bonds is 5. The van der Waals surface area contributed by atoms with Crippen molar-refractivity contribution in [2.24, 2.45) is 23.7 Å². The van der Waals surface area contributed by atoms with Gasteiger partial charge in [0.1, 0.15) is 17.5 Å². The molecule has 0 unspecified atom stereocenters. The zero-order valence-corrected chi connectivity index (χ0v) is 25.9. The lowest BCUT2D eigenvalue weighted by Crippen LogP contribution is -2.57. The highest BCUT2D eigenvalue weighted by molar-refractivity contribution is 5.88. The average Bonchev–Trinajstić information content (AvgIpc) is 3.17. The number of imide groups is 1. The molecule has 2 saturated carbocycles. The highest BCUT2D eigenvalue weighted by Crippen LogP contribution is 2.56. The molecule has 3 aliphatic rings. The third kappa shape index (κ3) is 6.36. The van der Waals surface area contributed by atoms with Gasteiger partial charge in [0.05, 0.1) is 12.3 Å². The second kappa shape index (κ2) is 12.3. The molecule has 1 saturated heterocycles. The predicted octanol–water partition coefficient (Wildman–Crippen LogP) is 6.39. The summed E-state index contributed by atoms with van der Waals surface area (Å²) in [5.74, 6) is -1.74. The molecule has 1 aromatic heterocycles. The number of allylic oxidation sites excluding steroid dienone is 1. The Morgan fingerprint density at radius 2 is 1.95 bits per heavy atom. The molecule has 0 bridgehead atoms. The molecule has 1 N–H and O–H groups in total. The molecule has 7 atom stereocenters. The monoisotopic (exact) mass is 608 g/mol. The molecular formula is C34H41FN2O7. The molecule has 5 rings (SSSR count). The quantitative estimate of drug-likeness (QED) is 0.307. The van der Waals surface area contributed by atoms with Crippen molar-refractivity contribution in [1.29, 1.82) is 0 Å². The Hall–Kier alpha value is -3.79. The van der Waals surface area contributed by atoms with Crippen molar-refractivity contribution >= 4 is 24.2 Å². The Morgan fingerprint density at radius 1 is 1.18 bits per heavy atom. The van der Waals surface area contributed by atoms with Crippen molar-refractivity contribution in [3.05, 3.63) is 60.2 Å². The lowest BCUT2D eigenvalue weighted by Gasteiger charge is -2.51. The van der Waals surface area contributed by atoms with Gasteiger partial charge >= 0.3 is 18.2 Å². The first-order valence-electron chi connectivity index (χ1n) is 15.3. The van der Waals surface area contributed by atoms with E-state index >= 15 is 0 Å². The van der Waals surface area contributed by atoms with Crippen LogP contribution in [0, 0.1) is 29.5 Å². The number of nitrogens with zero attached hydrogens (tertiary/aromatic N) is 2. The Balaban J connectivity index is 1.41. The lowest BCUT2D eigenvalue weighted by molar-refractivity contribution is -0.162. The van der Waals surface area contributed by atoms with Gasteiger partial charge in [0, 0.05) is 23.7 Å². The molecule has 3 fully saturated rings. The average molecular weight is 609 g/mol. The number of benzene rings is 1. The summed E-state index contributed by atoms with van der Waals surface area (Å²) in [5.41, 5.74) is -0.307. The molecule has 2 aromatic rings. The van der Waals surface area contributed by atoms with E-state index in [-0.39, 0.29) is 36.6 Å². The summed E-state index contributed by atoms with van der Waals surface area (Å²) in [6, 6.07) is 9.53. The number of pyridine rings is 1. The first-order chi connectivity index (χ1) is 20.8. The van der Waals surface area contributed by atoms with Gasteiger partial charge in [-0.3, -0.25) is 4.98 Å². The van der Waals surface area contributed by atoms with Crippen LogP contribution >= 0.6 is 0 Å². The fourth-order valence-corrected chi connectivity index (χ4v) is 7.32. The SMILES string of the molecule is CCOC(=O)N(C(=O)OC(C)(C)C)[C@@H]1CC[C@@H]2[C@@H](C1)C[C@@]1(O)C(=O)O[C@H](C)[C@H]1[C@H]2/C=C/c1ccc(-c2cccc(F)c2)cn1. The van der Waals surface area contributed by atoms with Crippen LogP contribution in [0.4, 0.5) is 14.0 Å². The molecule has 44 heavy (non-hydrogen) atoms. The zero-order valence-electron chi connectivity index (χ0n) is 25.9. The number of halogens is 1. The van der Waals surface area contributed by atoms with Crippen molar-refractivity contribution in [2.75, 3.05) is 6.61 Å². The van der Waals surface area contributed by atoms with E-state index in [0.717, 1.165) is 16.0 Å². The maximum Gasteiger partial charge on any atom is 0.420 e. The van der Waals surface area contributed by atoms with E-state index in [1.54, 1.807) is 40.0 Å². The first kappa shape index (κ1) is 31.6. The molecule has 10 heteroatoms. The minimum absolute atomic E-state index is 0.0685. The van der Waals surface area contributed by atoms with Crippen LogP contribution in [-0.4, -0.2) is 63.1 Å². The number of ether oxygens (including phenoxy) is 3. The van der Waals surface area contributed by atoms with Crippen LogP contribution in [0.25, 0.3) is 17.2 Å². The fourth-order valence-electron chi connectivity index (χ4n) is 7.32. The van der Waals surface area contributed by atoms with Crippen molar-refractivity contribution in [2.45, 2.75) is 83.6 Å². The third-order valence-corrected chi connectivity index (χ3v) is 9.05. The first-order valence-corrected chi connectivity index (χ1v) is 15.3. The van der Waals surface area contributed by atoms with Crippen LogP contribution in [-0.2, 0) is 19.0 Å². The topological polar surface area (TPSA) is 115 Å². The normalized spacial score (nSPS) is 29.8. The van der Waals surface area contributed by atoms with Gasteiger partial charge in [0.15, 0.2) is 5.60 Å². The number of amides is 2. The minimum Gasteiger partial charge on any atom is -0.460 e. The van der Waals surface area contributed by atoms with Crippen molar-refractivity contribution in [3.63, 3.8) is 0 Å². The Bertz CT molecular complexity index is 1420. The third-order valence-electron chi connectivity index (χ3n) is 9.05. The van der Waals surface area contributed by atoms with Crippen LogP contribution in [0.2, 0.25) is 0 Å². The molecule has 2 heterocycles. The van der Waals surface area contributed by atoms with Crippen LogP contribution in [0.1, 0.15) is 66.0 Å². The zero-order chi connectivity index (χ0) is 31.8. The molecule has 2 aliphatic carbocycles. The predicted molar refractivity (Wildman–Crippen MR) is 160 cm³/mol. The number of carbonyl (C=O) groups is 3. The Labute approximate surface area is 257 Å². The van der Waals surface area contributed by atoms with Gasteiger partial charge in [-0.05, 0) is 108 Å². The van der Waals surface area contributed by atoms with Crippen LogP contribution in [0.15, 0.2) is 48.7 Å². The molecule has 0 radical (unpaired) electrons. The number of aliphatic hydroxyl groups is 1. The molecule has 9 nitrogen and oxygen atoms in total. The fraction of sp³-hybridized carbons (Fsp3) is 0.529. The van der Waals surface area contributed by atoms with Gasteiger partial charge in [-0.2, -0.15) is 0 Å². The van der Waals surface area contributed by atoms with E-state index in [0.29, 0.717) is 25.0 Å². The van der Waals surface area contributed by atoms with E-state index in [1.165, 1.54) is 12.1 Å². The van der Waals surface area contributed by atoms with Crippen LogP contribution in [0.3, 0.4) is 0 Å². The number of cyclic esters (lactones) is 1. The van der Waals surface area contributed by atoms with Crippen LogP contribution in [0.5, 0.6) is 0 Å². The second-order valence-electron chi connectivity index (χ2n) is 13.1. The van der Waals surface area contributed by atoms with Gasteiger partial charge < -0.3 is 19.3 Å². The van der Waals surface area contributed by atoms with Gasteiger partial charge in [-0.15, -0.1) is 0 Å². The van der Waals surface area contributed by atoms with E-state index in [9.17, 15) is 23.9 Å². The van der Waals surface area contributed by atoms with E-state index in [1.807, 2.05) is 37.3 Å².